The number of aliphatic hydroxyl groups is 1. The van der Waals surface area contributed by atoms with Crippen molar-refractivity contribution in [2.24, 2.45) is 5.73 Å². The summed E-state index contributed by atoms with van der Waals surface area (Å²) in [5.74, 6) is -1.14. The molecule has 0 saturated carbocycles. The summed E-state index contributed by atoms with van der Waals surface area (Å²) in [6.07, 6.45) is -0.847. The van der Waals surface area contributed by atoms with E-state index in [4.69, 9.17) is 10.5 Å². The van der Waals surface area contributed by atoms with Gasteiger partial charge in [-0.25, -0.2) is 4.79 Å². The van der Waals surface area contributed by atoms with E-state index in [1.165, 1.54) is 11.8 Å². The number of carbonyl (C=O) groups is 3. The second-order valence-corrected chi connectivity index (χ2v) is 6.02. The number of amides is 3. The molecule has 4 N–H and O–H groups in total. The number of ether oxygens (including phenoxy) is 1. The molecule has 1 saturated heterocycles. The fourth-order valence-corrected chi connectivity index (χ4v) is 2.79. The van der Waals surface area contributed by atoms with Gasteiger partial charge in [0.05, 0.1) is 6.10 Å². The minimum atomic E-state index is -1.21. The Labute approximate surface area is 145 Å². The lowest BCUT2D eigenvalue weighted by molar-refractivity contribution is -0.141. The third kappa shape index (κ3) is 4.93. The zero-order valence-electron chi connectivity index (χ0n) is 14.1. The maximum Gasteiger partial charge on any atom is 0.408 e. The Morgan fingerprint density at radius 3 is 2.64 bits per heavy atom. The molecule has 1 aromatic rings. The molecule has 8 nitrogen and oxygen atoms in total. The van der Waals surface area contributed by atoms with Gasteiger partial charge in [-0.1, -0.05) is 30.3 Å². The van der Waals surface area contributed by atoms with Crippen LogP contribution >= 0.6 is 0 Å². The molecule has 0 aromatic heterocycles. The van der Waals surface area contributed by atoms with Gasteiger partial charge < -0.3 is 25.8 Å². The molecular formula is C17H23N3O5. The number of likely N-dealkylation sites (tertiary alicyclic amines) is 1. The highest BCUT2D eigenvalue weighted by Crippen LogP contribution is 2.18. The molecule has 0 spiro atoms. The summed E-state index contributed by atoms with van der Waals surface area (Å²) < 4.78 is 5.07. The first-order valence-electron chi connectivity index (χ1n) is 8.15. The summed E-state index contributed by atoms with van der Waals surface area (Å²) in [6, 6.07) is 7.15. The van der Waals surface area contributed by atoms with Crippen molar-refractivity contribution in [3.8, 4) is 0 Å². The van der Waals surface area contributed by atoms with Crippen LogP contribution in [0.2, 0.25) is 0 Å². The topological polar surface area (TPSA) is 122 Å². The Bertz CT molecular complexity index is 620. The highest BCUT2D eigenvalue weighted by molar-refractivity contribution is 5.91. The zero-order chi connectivity index (χ0) is 18.4. The first kappa shape index (κ1) is 18.7. The fourth-order valence-electron chi connectivity index (χ4n) is 2.79. The van der Waals surface area contributed by atoms with E-state index < -0.39 is 36.1 Å². The number of nitrogens with two attached hydrogens (primary N) is 1. The van der Waals surface area contributed by atoms with Crippen LogP contribution in [0.25, 0.3) is 0 Å². The normalized spacial score (nSPS) is 19.1. The van der Waals surface area contributed by atoms with E-state index in [2.05, 4.69) is 5.32 Å². The summed E-state index contributed by atoms with van der Waals surface area (Å²) in [5, 5.41) is 12.2. The molecule has 1 aromatic carbocycles. The average molecular weight is 349 g/mol. The second kappa shape index (κ2) is 8.48. The molecule has 0 radical (unpaired) electrons. The van der Waals surface area contributed by atoms with Crippen molar-refractivity contribution >= 4 is 17.9 Å². The maximum absolute atomic E-state index is 12.6. The number of hydrogen-bond acceptors (Lipinski definition) is 5. The van der Waals surface area contributed by atoms with E-state index in [9.17, 15) is 19.5 Å². The highest BCUT2D eigenvalue weighted by Gasteiger charge is 2.38. The van der Waals surface area contributed by atoms with E-state index in [1.807, 2.05) is 18.2 Å². The number of aliphatic hydroxyl groups excluding tert-OH is 1. The summed E-state index contributed by atoms with van der Waals surface area (Å²) in [6.45, 7) is 1.78. The van der Waals surface area contributed by atoms with Crippen molar-refractivity contribution in [3.05, 3.63) is 35.9 Å². The van der Waals surface area contributed by atoms with Crippen molar-refractivity contribution in [3.63, 3.8) is 0 Å². The molecule has 1 aliphatic rings. The molecule has 3 amide bonds. The third-order valence-electron chi connectivity index (χ3n) is 4.10. The van der Waals surface area contributed by atoms with Gasteiger partial charge in [0.1, 0.15) is 18.7 Å². The number of hydrogen-bond donors (Lipinski definition) is 3. The SMILES string of the molecule is C[C@@H](O)[C@H](NC(=O)OCc1ccccc1)C(=O)N1CCC[C@H]1C(N)=O. The van der Waals surface area contributed by atoms with Crippen LogP contribution in [0, 0.1) is 0 Å². The number of benzene rings is 1. The van der Waals surface area contributed by atoms with E-state index in [0.29, 0.717) is 19.4 Å². The van der Waals surface area contributed by atoms with Crippen molar-refractivity contribution in [2.45, 2.75) is 44.6 Å². The second-order valence-electron chi connectivity index (χ2n) is 6.02. The van der Waals surface area contributed by atoms with Crippen LogP contribution in [0.15, 0.2) is 30.3 Å². The van der Waals surface area contributed by atoms with Crippen molar-refractivity contribution in [1.29, 1.82) is 0 Å². The predicted octanol–water partition coefficient (Wildman–Crippen LogP) is 0.139. The summed E-state index contributed by atoms with van der Waals surface area (Å²) in [5.41, 5.74) is 6.11. The van der Waals surface area contributed by atoms with Gasteiger partial charge in [0.25, 0.3) is 0 Å². The standard InChI is InChI=1S/C17H23N3O5/c1-11(21)14(16(23)20-9-5-8-13(20)15(18)22)19-17(24)25-10-12-6-3-2-4-7-12/h2-4,6-7,11,13-14,21H,5,8-10H2,1H3,(H2,18,22)(H,19,24)/t11-,13+,14+/m1/s1. The summed E-state index contributed by atoms with van der Waals surface area (Å²) in [4.78, 5) is 37.3. The van der Waals surface area contributed by atoms with Gasteiger partial charge in [-0.2, -0.15) is 0 Å². The van der Waals surface area contributed by atoms with Crippen LogP contribution in [-0.4, -0.2) is 52.6 Å². The average Bonchev–Trinajstić information content (AvgIpc) is 3.08. The number of rotatable bonds is 6. The third-order valence-corrected chi connectivity index (χ3v) is 4.10. The van der Waals surface area contributed by atoms with Crippen LogP contribution in [0.1, 0.15) is 25.3 Å². The number of nitrogens with one attached hydrogen (secondary N) is 1. The van der Waals surface area contributed by atoms with Crippen LogP contribution in [0.5, 0.6) is 0 Å². The van der Waals surface area contributed by atoms with Gasteiger partial charge in [-0.15, -0.1) is 0 Å². The molecule has 136 valence electrons. The Morgan fingerprint density at radius 1 is 1.36 bits per heavy atom. The number of carbonyl (C=O) groups excluding carboxylic acids is 3. The maximum atomic E-state index is 12.6. The predicted molar refractivity (Wildman–Crippen MR) is 89.2 cm³/mol. The molecule has 8 heteroatoms. The molecule has 2 rings (SSSR count). The highest BCUT2D eigenvalue weighted by atomic mass is 16.5. The molecular weight excluding hydrogens is 326 g/mol. The smallest absolute Gasteiger partial charge is 0.408 e. The monoisotopic (exact) mass is 349 g/mol. The van der Waals surface area contributed by atoms with Gasteiger partial charge in [-0.3, -0.25) is 9.59 Å². The Hall–Kier alpha value is -2.61. The van der Waals surface area contributed by atoms with E-state index in [-0.39, 0.29) is 6.61 Å². The number of primary amides is 1. The van der Waals surface area contributed by atoms with Crippen LogP contribution < -0.4 is 11.1 Å². The Balaban J connectivity index is 1.96. The largest absolute Gasteiger partial charge is 0.445 e. The lowest BCUT2D eigenvalue weighted by Gasteiger charge is -2.28. The van der Waals surface area contributed by atoms with Crippen molar-refractivity contribution in [1.82, 2.24) is 10.2 Å². The first-order chi connectivity index (χ1) is 11.9. The van der Waals surface area contributed by atoms with Gasteiger partial charge in [0, 0.05) is 6.54 Å². The van der Waals surface area contributed by atoms with Crippen molar-refractivity contribution in [2.75, 3.05) is 6.54 Å². The quantitative estimate of drug-likeness (QED) is 0.674. The van der Waals surface area contributed by atoms with Gasteiger partial charge in [0.15, 0.2) is 0 Å². The van der Waals surface area contributed by atoms with Gasteiger partial charge in [0.2, 0.25) is 11.8 Å². The molecule has 0 unspecified atom stereocenters. The molecule has 0 bridgehead atoms. The molecule has 1 heterocycles. The van der Waals surface area contributed by atoms with E-state index >= 15 is 0 Å². The zero-order valence-corrected chi connectivity index (χ0v) is 14.1. The molecule has 3 atom stereocenters. The molecule has 1 aliphatic heterocycles. The Kier molecular flexibility index (Phi) is 6.35. The van der Waals surface area contributed by atoms with Gasteiger partial charge >= 0.3 is 6.09 Å². The fraction of sp³-hybridized carbons (Fsp3) is 0.471. The van der Waals surface area contributed by atoms with Gasteiger partial charge in [-0.05, 0) is 25.3 Å². The first-order valence-corrected chi connectivity index (χ1v) is 8.15. The minimum Gasteiger partial charge on any atom is -0.445 e. The van der Waals surface area contributed by atoms with Crippen LogP contribution in [-0.2, 0) is 20.9 Å². The summed E-state index contributed by atoms with van der Waals surface area (Å²) >= 11 is 0. The summed E-state index contributed by atoms with van der Waals surface area (Å²) in [7, 11) is 0. The number of alkyl carbamates (subject to hydrolysis) is 1. The lowest BCUT2D eigenvalue weighted by Crippen LogP contribution is -2.56. The van der Waals surface area contributed by atoms with E-state index in [1.54, 1.807) is 12.1 Å². The molecule has 1 fully saturated rings. The van der Waals surface area contributed by atoms with Crippen LogP contribution in [0.3, 0.4) is 0 Å². The Morgan fingerprint density at radius 2 is 2.04 bits per heavy atom. The van der Waals surface area contributed by atoms with E-state index in [0.717, 1.165) is 5.56 Å². The number of nitrogens with zero attached hydrogens (tertiary/aromatic N) is 1. The van der Waals surface area contributed by atoms with Crippen molar-refractivity contribution < 1.29 is 24.2 Å². The molecule has 25 heavy (non-hydrogen) atoms. The molecule has 0 aliphatic carbocycles. The lowest BCUT2D eigenvalue weighted by atomic mass is 10.1. The minimum absolute atomic E-state index is 0.0427. The van der Waals surface area contributed by atoms with Crippen LogP contribution in [0.4, 0.5) is 4.79 Å².